The zero-order chi connectivity index (χ0) is 16.4. The Balaban J connectivity index is 1.70. The third-order valence-electron chi connectivity index (χ3n) is 3.54. The number of H-pyrrole nitrogens is 1. The number of aliphatic hydroxyl groups excluding tert-OH is 1. The van der Waals surface area contributed by atoms with E-state index < -0.39 is 35.5 Å². The van der Waals surface area contributed by atoms with E-state index in [9.17, 15) is 19.1 Å². The maximum atomic E-state index is 13.3. The van der Waals surface area contributed by atoms with E-state index in [1.807, 2.05) is 4.98 Å². The predicted molar refractivity (Wildman–Crippen MR) is 76.6 cm³/mol. The van der Waals surface area contributed by atoms with Crippen LogP contribution in [-0.4, -0.2) is 33.5 Å². The fourth-order valence-electron chi connectivity index (χ4n) is 2.36. The quantitative estimate of drug-likeness (QED) is 0.839. The average Bonchev–Trinajstić information content (AvgIpc) is 2.91. The van der Waals surface area contributed by atoms with Crippen LogP contribution in [0, 0.1) is 11.9 Å². The molecule has 1 saturated heterocycles. The van der Waals surface area contributed by atoms with Crippen molar-refractivity contribution in [1.29, 1.82) is 0 Å². The highest BCUT2D eigenvalue weighted by Crippen LogP contribution is 2.28. The van der Waals surface area contributed by atoms with Crippen LogP contribution in [0.3, 0.4) is 0 Å². The fraction of sp³-hybridized carbons (Fsp3) is 0.333. The van der Waals surface area contributed by atoms with Gasteiger partial charge in [-0.3, -0.25) is 14.3 Å². The van der Waals surface area contributed by atoms with Crippen molar-refractivity contribution in [2.75, 3.05) is 6.61 Å². The molecule has 1 fully saturated rings. The van der Waals surface area contributed by atoms with Crippen molar-refractivity contribution in [2.45, 2.75) is 24.9 Å². The first-order valence-corrected chi connectivity index (χ1v) is 6.98. The molecule has 0 aliphatic carbocycles. The third kappa shape index (κ3) is 3.33. The average molecular weight is 321 g/mol. The summed E-state index contributed by atoms with van der Waals surface area (Å²) in [6.07, 6.45) is -1.57. The van der Waals surface area contributed by atoms with Crippen LogP contribution in [0.4, 0.5) is 4.39 Å². The Hall–Kier alpha value is -2.45. The van der Waals surface area contributed by atoms with Gasteiger partial charge in [-0.1, -0.05) is 12.1 Å². The maximum Gasteiger partial charge on any atom is 0.330 e. The standard InChI is InChI=1S/C15H14FN2O5/c16-10-7-18(15(21)17-14(10)20)13-6-11(19)12(23-13)8-22-9-4-2-1-3-5-9/h2-5,7,11-13,19H,6,8H2,(H,17,20,21)/t11?,12-,13-/m0/s1. The molecule has 1 radical (unpaired) electrons. The van der Waals surface area contributed by atoms with Crippen molar-refractivity contribution in [2.24, 2.45) is 0 Å². The molecular weight excluding hydrogens is 307 g/mol. The zero-order valence-electron chi connectivity index (χ0n) is 11.9. The van der Waals surface area contributed by atoms with Crippen LogP contribution < -0.4 is 16.0 Å². The Labute approximate surface area is 129 Å². The fourth-order valence-corrected chi connectivity index (χ4v) is 2.36. The molecule has 0 saturated carbocycles. The van der Waals surface area contributed by atoms with Gasteiger partial charge in [0.15, 0.2) is 0 Å². The van der Waals surface area contributed by atoms with Crippen LogP contribution in [0.5, 0.6) is 5.75 Å². The lowest BCUT2D eigenvalue weighted by Gasteiger charge is -2.16. The second-order valence-electron chi connectivity index (χ2n) is 5.12. The number of aliphatic hydroxyl groups is 1. The van der Waals surface area contributed by atoms with Crippen molar-refractivity contribution >= 4 is 0 Å². The summed E-state index contributed by atoms with van der Waals surface area (Å²) in [6, 6.07) is 9.64. The summed E-state index contributed by atoms with van der Waals surface area (Å²) in [5.74, 6) is -0.502. The third-order valence-corrected chi connectivity index (χ3v) is 3.54. The largest absolute Gasteiger partial charge is 0.491 e. The van der Waals surface area contributed by atoms with Gasteiger partial charge >= 0.3 is 5.69 Å². The molecule has 0 amide bonds. The van der Waals surface area contributed by atoms with Crippen molar-refractivity contribution in [3.05, 3.63) is 63.2 Å². The van der Waals surface area contributed by atoms with Gasteiger partial charge in [0, 0.05) is 6.42 Å². The van der Waals surface area contributed by atoms with E-state index in [1.165, 1.54) is 0 Å². The lowest BCUT2D eigenvalue weighted by Crippen LogP contribution is -2.34. The first-order valence-electron chi connectivity index (χ1n) is 6.98. The van der Waals surface area contributed by atoms with Crippen LogP contribution in [0.15, 0.2) is 40.1 Å². The summed E-state index contributed by atoms with van der Waals surface area (Å²) >= 11 is 0. The molecule has 121 valence electrons. The smallest absolute Gasteiger partial charge is 0.330 e. The molecule has 3 rings (SSSR count). The molecule has 1 aromatic carbocycles. The molecular formula is C15H14FN2O5. The minimum atomic E-state index is -1.09. The Bertz CT molecular complexity index is 788. The van der Waals surface area contributed by atoms with Gasteiger partial charge in [0.05, 0.1) is 12.3 Å². The molecule has 7 nitrogen and oxygen atoms in total. The number of nitrogens with zero attached hydrogens (tertiary/aromatic N) is 1. The van der Waals surface area contributed by atoms with Crippen LogP contribution >= 0.6 is 0 Å². The van der Waals surface area contributed by atoms with Crippen LogP contribution in [0.25, 0.3) is 0 Å². The molecule has 0 spiro atoms. The highest BCUT2D eigenvalue weighted by atomic mass is 19.1. The highest BCUT2D eigenvalue weighted by molar-refractivity contribution is 5.20. The number of aromatic nitrogens is 2. The Kier molecular flexibility index (Phi) is 4.26. The minimum absolute atomic E-state index is 0.0717. The molecule has 23 heavy (non-hydrogen) atoms. The van der Waals surface area contributed by atoms with Crippen LogP contribution in [0.1, 0.15) is 12.6 Å². The SMILES string of the molecule is O=c1[nH]c(=O)n([C@@H]2CC(O)[C@H](COc3cc[c]cc3)O2)cc1F. The molecule has 1 aromatic heterocycles. The summed E-state index contributed by atoms with van der Waals surface area (Å²) in [6.45, 7) is 0.0717. The number of nitrogens with one attached hydrogen (secondary N) is 1. The van der Waals surface area contributed by atoms with Gasteiger partial charge in [-0.05, 0) is 18.2 Å². The number of aromatic amines is 1. The topological polar surface area (TPSA) is 93.6 Å². The van der Waals surface area contributed by atoms with E-state index >= 15 is 0 Å². The molecule has 8 heteroatoms. The lowest BCUT2D eigenvalue weighted by molar-refractivity contribution is -0.0412. The molecule has 1 aliphatic rings. The van der Waals surface area contributed by atoms with E-state index in [-0.39, 0.29) is 13.0 Å². The van der Waals surface area contributed by atoms with Crippen molar-refractivity contribution in [3.63, 3.8) is 0 Å². The van der Waals surface area contributed by atoms with E-state index in [0.29, 0.717) is 5.75 Å². The molecule has 3 atom stereocenters. The van der Waals surface area contributed by atoms with Gasteiger partial charge in [0.2, 0.25) is 5.82 Å². The Morgan fingerprint density at radius 1 is 1.43 bits per heavy atom. The van der Waals surface area contributed by atoms with Crippen LogP contribution in [-0.2, 0) is 4.74 Å². The number of halogens is 1. The number of ether oxygens (including phenoxy) is 2. The summed E-state index contributed by atoms with van der Waals surface area (Å²) in [7, 11) is 0. The summed E-state index contributed by atoms with van der Waals surface area (Å²) < 4.78 is 25.3. The second-order valence-corrected chi connectivity index (χ2v) is 5.12. The predicted octanol–water partition coefficient (Wildman–Crippen LogP) is 0.203. The molecule has 2 heterocycles. The summed E-state index contributed by atoms with van der Waals surface area (Å²) in [4.78, 5) is 24.6. The van der Waals surface area contributed by atoms with Crippen molar-refractivity contribution < 1.29 is 19.0 Å². The van der Waals surface area contributed by atoms with E-state index in [2.05, 4.69) is 6.07 Å². The second kappa shape index (κ2) is 6.35. The van der Waals surface area contributed by atoms with E-state index in [1.54, 1.807) is 24.3 Å². The molecule has 1 unspecified atom stereocenters. The first-order chi connectivity index (χ1) is 11.0. The number of rotatable bonds is 4. The van der Waals surface area contributed by atoms with E-state index in [0.717, 1.165) is 10.8 Å². The number of hydrogen-bond donors (Lipinski definition) is 2. The van der Waals surface area contributed by atoms with Gasteiger partial charge < -0.3 is 14.6 Å². The highest BCUT2D eigenvalue weighted by Gasteiger charge is 2.36. The molecule has 2 N–H and O–H groups in total. The summed E-state index contributed by atoms with van der Waals surface area (Å²) in [5.41, 5.74) is -1.89. The maximum absolute atomic E-state index is 13.3. The van der Waals surface area contributed by atoms with Gasteiger partial charge in [0.1, 0.15) is 24.7 Å². The Morgan fingerprint density at radius 3 is 2.91 bits per heavy atom. The number of hydrogen-bond acceptors (Lipinski definition) is 5. The van der Waals surface area contributed by atoms with Crippen molar-refractivity contribution in [3.8, 4) is 5.75 Å². The monoisotopic (exact) mass is 321 g/mol. The Morgan fingerprint density at radius 2 is 2.17 bits per heavy atom. The van der Waals surface area contributed by atoms with E-state index in [4.69, 9.17) is 9.47 Å². The molecule has 1 aliphatic heterocycles. The summed E-state index contributed by atoms with van der Waals surface area (Å²) in [5, 5.41) is 10.0. The molecule has 2 aromatic rings. The molecule has 0 bridgehead atoms. The normalized spacial score (nSPS) is 23.8. The van der Waals surface area contributed by atoms with Crippen molar-refractivity contribution in [1.82, 2.24) is 9.55 Å². The number of benzene rings is 1. The first kappa shape index (κ1) is 15.4. The van der Waals surface area contributed by atoms with Gasteiger partial charge in [-0.25, -0.2) is 4.79 Å². The minimum Gasteiger partial charge on any atom is -0.491 e. The van der Waals surface area contributed by atoms with Gasteiger partial charge in [0.25, 0.3) is 5.56 Å². The van der Waals surface area contributed by atoms with Gasteiger partial charge in [-0.2, -0.15) is 4.39 Å². The van der Waals surface area contributed by atoms with Gasteiger partial charge in [-0.15, -0.1) is 0 Å². The lowest BCUT2D eigenvalue weighted by atomic mass is 10.2. The van der Waals surface area contributed by atoms with Crippen LogP contribution in [0.2, 0.25) is 0 Å². The zero-order valence-corrected chi connectivity index (χ0v) is 11.9.